The zero-order valence-corrected chi connectivity index (χ0v) is 7.59. The first kappa shape index (κ1) is 8.24. The van der Waals surface area contributed by atoms with E-state index in [4.69, 9.17) is 23.2 Å². The van der Waals surface area contributed by atoms with Crippen LogP contribution < -0.4 is 5.32 Å². The zero-order valence-electron chi connectivity index (χ0n) is 5.27. The number of alkyl halides is 1. The predicted molar refractivity (Wildman–Crippen MR) is 47.7 cm³/mol. The smallest absolute Gasteiger partial charge is 0.256 e. The number of aliphatic imine (C=N–C) groups is 1. The molecule has 1 atom stereocenters. The zero-order chi connectivity index (χ0) is 7.61. The van der Waals surface area contributed by atoms with Crippen molar-refractivity contribution >= 4 is 40.1 Å². The normalized spacial score (nSPS) is 31.3. The maximum Gasteiger partial charge on any atom is 0.256 e. The first-order chi connectivity index (χ1) is 4.66. The van der Waals surface area contributed by atoms with Gasteiger partial charge in [-0.3, -0.25) is 0 Å². The van der Waals surface area contributed by atoms with Crippen LogP contribution in [0.5, 0.6) is 0 Å². The van der Waals surface area contributed by atoms with E-state index in [0.717, 1.165) is 0 Å². The highest BCUT2D eigenvalue weighted by atomic mass is 35.5. The lowest BCUT2D eigenvalue weighted by atomic mass is 10.6. The maximum absolute atomic E-state index is 5.88. The lowest BCUT2D eigenvalue weighted by Gasteiger charge is -2.22. The summed E-state index contributed by atoms with van der Waals surface area (Å²) in [6.45, 7) is 0. The molecule has 0 aromatic heterocycles. The average molecular weight is 197 g/mol. The Morgan fingerprint density at radius 3 is 2.90 bits per heavy atom. The minimum atomic E-state index is -0.800. The van der Waals surface area contributed by atoms with Gasteiger partial charge in [-0.2, -0.15) is 0 Å². The van der Waals surface area contributed by atoms with Crippen LogP contribution in [0.2, 0.25) is 0 Å². The molecule has 0 fully saturated rings. The number of hydrogen-bond acceptors (Lipinski definition) is 3. The Morgan fingerprint density at radius 1 is 1.80 bits per heavy atom. The van der Waals surface area contributed by atoms with Crippen LogP contribution in [0.4, 0.5) is 0 Å². The van der Waals surface area contributed by atoms with Crippen LogP contribution in [0.25, 0.3) is 0 Å². The highest BCUT2D eigenvalue weighted by Crippen LogP contribution is 2.28. The molecular weight excluding hydrogens is 191 g/mol. The Labute approximate surface area is 73.7 Å². The summed E-state index contributed by atoms with van der Waals surface area (Å²) >= 11 is 12.9. The first-order valence-electron chi connectivity index (χ1n) is 2.60. The minimum absolute atomic E-state index is 0.420. The van der Waals surface area contributed by atoms with Crippen LogP contribution in [0, 0.1) is 0 Å². The van der Waals surface area contributed by atoms with E-state index in [2.05, 4.69) is 10.3 Å². The van der Waals surface area contributed by atoms with Crippen LogP contribution in [0.3, 0.4) is 0 Å². The molecule has 0 saturated heterocycles. The SMILES string of the molecule is CSC1(Cl)N=C(Cl)C=CN1. The van der Waals surface area contributed by atoms with Crippen LogP contribution >= 0.6 is 35.0 Å². The van der Waals surface area contributed by atoms with Gasteiger partial charge in [0.15, 0.2) is 0 Å². The Morgan fingerprint density at radius 2 is 2.50 bits per heavy atom. The molecule has 0 aromatic carbocycles. The van der Waals surface area contributed by atoms with Crippen LogP contribution in [0.15, 0.2) is 17.3 Å². The van der Waals surface area contributed by atoms with Crippen molar-refractivity contribution in [3.05, 3.63) is 12.3 Å². The highest BCUT2D eigenvalue weighted by Gasteiger charge is 2.24. The van der Waals surface area contributed by atoms with E-state index in [1.165, 1.54) is 11.8 Å². The molecule has 5 heteroatoms. The number of halogens is 2. The van der Waals surface area contributed by atoms with Crippen molar-refractivity contribution in [2.24, 2.45) is 4.99 Å². The van der Waals surface area contributed by atoms with E-state index in [1.807, 2.05) is 6.26 Å². The lowest BCUT2D eigenvalue weighted by molar-refractivity contribution is 0.746. The summed E-state index contributed by atoms with van der Waals surface area (Å²) in [6, 6.07) is 0. The van der Waals surface area contributed by atoms with Crippen LogP contribution in [-0.2, 0) is 0 Å². The molecule has 1 heterocycles. The molecule has 0 radical (unpaired) electrons. The van der Waals surface area contributed by atoms with Crippen molar-refractivity contribution in [3.63, 3.8) is 0 Å². The van der Waals surface area contributed by atoms with Crippen molar-refractivity contribution in [1.82, 2.24) is 5.32 Å². The Balaban J connectivity index is 2.76. The fourth-order valence-corrected chi connectivity index (χ4v) is 1.34. The number of thioether (sulfide) groups is 1. The van der Waals surface area contributed by atoms with Gasteiger partial charge in [-0.05, 0) is 12.3 Å². The number of allylic oxidation sites excluding steroid dienone is 1. The predicted octanol–water partition coefficient (Wildman–Crippen LogP) is 1.95. The van der Waals surface area contributed by atoms with Crippen LogP contribution in [0.1, 0.15) is 0 Å². The van der Waals surface area contributed by atoms with Gasteiger partial charge in [0, 0.05) is 6.20 Å². The molecule has 1 rings (SSSR count). The van der Waals surface area contributed by atoms with Gasteiger partial charge < -0.3 is 5.32 Å². The molecule has 1 aliphatic heterocycles. The molecule has 0 bridgehead atoms. The molecule has 0 amide bonds. The molecule has 10 heavy (non-hydrogen) atoms. The van der Waals surface area contributed by atoms with Crippen molar-refractivity contribution < 1.29 is 0 Å². The molecule has 0 spiro atoms. The fourth-order valence-electron chi connectivity index (χ4n) is 0.525. The van der Waals surface area contributed by atoms with Crippen molar-refractivity contribution in [3.8, 4) is 0 Å². The monoisotopic (exact) mass is 196 g/mol. The van der Waals surface area contributed by atoms with Gasteiger partial charge in [0.1, 0.15) is 5.17 Å². The maximum atomic E-state index is 5.88. The lowest BCUT2D eigenvalue weighted by Crippen LogP contribution is -2.32. The van der Waals surface area contributed by atoms with Gasteiger partial charge in [0.2, 0.25) is 0 Å². The third-order valence-corrected chi connectivity index (χ3v) is 2.62. The van der Waals surface area contributed by atoms with E-state index < -0.39 is 4.45 Å². The number of rotatable bonds is 1. The van der Waals surface area contributed by atoms with Gasteiger partial charge in [-0.1, -0.05) is 35.0 Å². The Kier molecular flexibility index (Phi) is 2.50. The van der Waals surface area contributed by atoms with Crippen LogP contribution in [-0.4, -0.2) is 15.9 Å². The topological polar surface area (TPSA) is 24.4 Å². The quantitative estimate of drug-likeness (QED) is 0.513. The summed E-state index contributed by atoms with van der Waals surface area (Å²) in [4.78, 5) is 3.95. The van der Waals surface area contributed by atoms with Gasteiger partial charge >= 0.3 is 0 Å². The summed E-state index contributed by atoms with van der Waals surface area (Å²) in [5.41, 5.74) is 0. The highest BCUT2D eigenvalue weighted by molar-refractivity contribution is 8.01. The molecular formula is C5H6Cl2N2S. The van der Waals surface area contributed by atoms with Gasteiger partial charge in [0.25, 0.3) is 4.45 Å². The van der Waals surface area contributed by atoms with Gasteiger partial charge in [0.05, 0.1) is 0 Å². The molecule has 1 unspecified atom stereocenters. The average Bonchev–Trinajstić information content (AvgIpc) is 1.88. The molecule has 56 valence electrons. The Bertz CT molecular complexity index is 192. The first-order valence-corrected chi connectivity index (χ1v) is 4.58. The van der Waals surface area contributed by atoms with Crippen molar-refractivity contribution in [2.45, 2.75) is 4.45 Å². The molecule has 2 nitrogen and oxygen atoms in total. The summed E-state index contributed by atoms with van der Waals surface area (Å²) in [6.07, 6.45) is 5.18. The van der Waals surface area contributed by atoms with Crippen molar-refractivity contribution in [1.29, 1.82) is 0 Å². The number of hydrogen-bond donors (Lipinski definition) is 1. The second kappa shape index (κ2) is 3.03. The third-order valence-electron chi connectivity index (χ3n) is 1.00. The van der Waals surface area contributed by atoms with Gasteiger partial charge in [-0.15, -0.1) is 0 Å². The Hall–Kier alpha value is 0.140. The van der Waals surface area contributed by atoms with E-state index in [9.17, 15) is 0 Å². The molecule has 1 aliphatic rings. The van der Waals surface area contributed by atoms with E-state index >= 15 is 0 Å². The number of nitrogens with zero attached hydrogens (tertiary/aromatic N) is 1. The van der Waals surface area contributed by atoms with Crippen molar-refractivity contribution in [2.75, 3.05) is 6.26 Å². The summed E-state index contributed by atoms with van der Waals surface area (Å²) in [5.74, 6) is 0. The minimum Gasteiger partial charge on any atom is -0.346 e. The second-order valence-electron chi connectivity index (χ2n) is 1.68. The van der Waals surface area contributed by atoms with Gasteiger partial charge in [-0.25, -0.2) is 4.99 Å². The molecule has 0 saturated carbocycles. The standard InChI is InChI=1S/C5H6Cl2N2S/c1-10-5(7)8-3-2-4(6)9-5/h2-3,8H,1H3. The molecule has 0 aliphatic carbocycles. The summed E-state index contributed by atoms with van der Waals surface area (Å²) < 4.78 is -0.800. The number of nitrogens with one attached hydrogen (secondary N) is 1. The van der Waals surface area contributed by atoms with E-state index in [1.54, 1.807) is 12.3 Å². The molecule has 1 N–H and O–H groups in total. The summed E-state index contributed by atoms with van der Waals surface area (Å²) in [7, 11) is 0. The third kappa shape index (κ3) is 1.81. The summed E-state index contributed by atoms with van der Waals surface area (Å²) in [5, 5.41) is 3.27. The fraction of sp³-hybridized carbons (Fsp3) is 0.400. The van der Waals surface area contributed by atoms with E-state index in [-0.39, 0.29) is 0 Å². The molecule has 0 aromatic rings. The van der Waals surface area contributed by atoms with E-state index in [0.29, 0.717) is 5.17 Å². The largest absolute Gasteiger partial charge is 0.346 e. The second-order valence-corrected chi connectivity index (χ2v) is 3.84.